The topological polar surface area (TPSA) is 101 Å². The molecule has 1 amide bonds. The molecule has 0 unspecified atom stereocenters. The van der Waals surface area contributed by atoms with E-state index in [0.717, 1.165) is 55.7 Å². The molecule has 268 valence electrons. The van der Waals surface area contributed by atoms with Crippen molar-refractivity contribution in [2.75, 3.05) is 32.6 Å². The van der Waals surface area contributed by atoms with Gasteiger partial charge in [-0.3, -0.25) is 9.78 Å². The maximum Gasteiger partial charge on any atom is 0.329 e. The summed E-state index contributed by atoms with van der Waals surface area (Å²) in [7, 11) is 3.54. The lowest BCUT2D eigenvalue weighted by Gasteiger charge is -2.47. The van der Waals surface area contributed by atoms with E-state index in [9.17, 15) is 14.7 Å². The summed E-state index contributed by atoms with van der Waals surface area (Å²) in [5.41, 5.74) is 4.53. The highest BCUT2D eigenvalue weighted by molar-refractivity contribution is 6.30. The molecule has 1 aromatic heterocycles. The molecule has 0 aliphatic heterocycles. The summed E-state index contributed by atoms with van der Waals surface area (Å²) in [6.45, 7) is 5.65. The first kappa shape index (κ1) is 36.0. The van der Waals surface area contributed by atoms with Crippen molar-refractivity contribution in [1.29, 1.82) is 0 Å². The third-order valence-corrected chi connectivity index (χ3v) is 11.8. The van der Waals surface area contributed by atoms with Crippen molar-refractivity contribution >= 4 is 29.2 Å². The fraction of sp³-hybridized carbons (Fsp3) is 0.537. The number of hydrogen-bond acceptors (Lipinski definition) is 6. The zero-order chi connectivity index (χ0) is 35.5. The number of aryl methyl sites for hydroxylation is 1. The van der Waals surface area contributed by atoms with Crippen LogP contribution in [-0.2, 0) is 27.8 Å². The molecule has 1 saturated carbocycles. The number of carbonyl (C=O) groups is 2. The van der Waals surface area contributed by atoms with Crippen molar-refractivity contribution in [1.82, 2.24) is 9.88 Å². The van der Waals surface area contributed by atoms with Crippen LogP contribution in [0.15, 0.2) is 54.7 Å². The van der Waals surface area contributed by atoms with Crippen molar-refractivity contribution in [2.24, 2.45) is 11.8 Å². The number of ether oxygens (including phenoxy) is 2. The summed E-state index contributed by atoms with van der Waals surface area (Å²) in [6.07, 6.45) is 10.7. The van der Waals surface area contributed by atoms with Gasteiger partial charge in [-0.15, -0.1) is 0 Å². The van der Waals surface area contributed by atoms with Gasteiger partial charge in [0.15, 0.2) is 0 Å². The van der Waals surface area contributed by atoms with E-state index >= 15 is 0 Å². The normalized spacial score (nSPS) is 24.6. The van der Waals surface area contributed by atoms with Crippen LogP contribution < -0.4 is 14.8 Å². The van der Waals surface area contributed by atoms with Crippen LogP contribution in [0.25, 0.3) is 0 Å². The predicted octanol–water partition coefficient (Wildman–Crippen LogP) is 8.45. The Morgan fingerprint density at radius 3 is 2.64 bits per heavy atom. The van der Waals surface area contributed by atoms with Gasteiger partial charge >= 0.3 is 5.97 Å². The van der Waals surface area contributed by atoms with Gasteiger partial charge in [-0.2, -0.15) is 0 Å². The number of fused-ring (bicyclic) bond motifs is 3. The van der Waals surface area contributed by atoms with Crippen LogP contribution in [-0.4, -0.2) is 59.7 Å². The molecule has 0 saturated heterocycles. The van der Waals surface area contributed by atoms with E-state index in [-0.39, 0.29) is 11.3 Å². The van der Waals surface area contributed by atoms with Crippen molar-refractivity contribution in [3.8, 4) is 11.5 Å². The third kappa shape index (κ3) is 7.60. The number of amides is 1. The van der Waals surface area contributed by atoms with E-state index < -0.39 is 11.5 Å². The Kier molecular flexibility index (Phi) is 11.0. The van der Waals surface area contributed by atoms with Crippen LogP contribution in [0.5, 0.6) is 11.5 Å². The number of nitrogens with zero attached hydrogens (tertiary/aromatic N) is 2. The summed E-state index contributed by atoms with van der Waals surface area (Å²) in [5.74, 6) is 2.14. The van der Waals surface area contributed by atoms with Gasteiger partial charge in [-0.1, -0.05) is 37.6 Å². The van der Waals surface area contributed by atoms with E-state index in [1.807, 2.05) is 30.5 Å². The molecule has 8 nitrogen and oxygen atoms in total. The Bertz CT molecular complexity index is 1680. The molecule has 1 fully saturated rings. The number of pyridine rings is 1. The summed E-state index contributed by atoms with van der Waals surface area (Å²) < 4.78 is 12.8. The molecule has 9 heteroatoms. The molecule has 3 aliphatic carbocycles. The minimum Gasteiger partial charge on any atom is -0.494 e. The van der Waals surface area contributed by atoms with Crippen molar-refractivity contribution in [2.45, 2.75) is 101 Å². The van der Waals surface area contributed by atoms with Crippen LogP contribution in [0.4, 0.5) is 5.69 Å². The fourth-order valence-corrected chi connectivity index (χ4v) is 8.99. The molecule has 6 rings (SSSR count). The molecule has 3 aliphatic rings. The van der Waals surface area contributed by atoms with Crippen LogP contribution in [0.3, 0.4) is 0 Å². The number of carbonyl (C=O) groups excluding carboxylic acids is 1. The molecule has 50 heavy (non-hydrogen) atoms. The third-order valence-electron chi connectivity index (χ3n) is 11.6. The molecule has 2 aromatic carbocycles. The zero-order valence-corrected chi connectivity index (χ0v) is 30.7. The van der Waals surface area contributed by atoms with Gasteiger partial charge in [-0.25, -0.2) is 4.79 Å². The quantitative estimate of drug-likeness (QED) is 0.173. The van der Waals surface area contributed by atoms with Crippen LogP contribution in [0.2, 0.25) is 5.02 Å². The van der Waals surface area contributed by atoms with E-state index in [0.29, 0.717) is 61.7 Å². The molecular weight excluding hydrogens is 650 g/mol. The molecular formula is C41H52ClN3O5. The van der Waals surface area contributed by atoms with Gasteiger partial charge in [0.05, 0.1) is 13.2 Å². The van der Waals surface area contributed by atoms with Crippen LogP contribution >= 0.6 is 11.6 Å². The highest BCUT2D eigenvalue weighted by Crippen LogP contribution is 2.56. The fourth-order valence-electron chi connectivity index (χ4n) is 8.80. The number of aliphatic carboxylic acids is 1. The number of carboxylic acid groups (broad SMARTS) is 1. The number of hydrogen-bond donors (Lipinski definition) is 2. The lowest BCUT2D eigenvalue weighted by molar-refractivity contribution is -0.144. The number of nitrogens with one attached hydrogen (secondary N) is 1. The number of benzene rings is 2. The van der Waals surface area contributed by atoms with E-state index in [4.69, 9.17) is 21.1 Å². The summed E-state index contributed by atoms with van der Waals surface area (Å²) in [4.78, 5) is 31.3. The van der Waals surface area contributed by atoms with Crippen LogP contribution in [0, 0.1) is 11.8 Å². The number of rotatable bonds is 13. The molecule has 3 atom stereocenters. The smallest absolute Gasteiger partial charge is 0.329 e. The molecule has 2 N–H and O–H groups in total. The Balaban J connectivity index is 1.21. The standard InChI is InChI=1S/C41H52ClN3O5/c1-27(26-50-36-15-20-43-35-11-5-8-28(2)38(35)36)22-30-23-29-13-14-33(49-21-7-12-37(46)45(3)4)25-34(29)40(30)16-18-41(19-17-40,39(47)48)44-32-10-6-9-31(42)24-32/h6,9-10,13-15,20,24-25,27-28,30,44H,5,7-8,11-12,16-19,21-23,26H2,1-4H3,(H,47,48)/t27-,28-,30+,40?,41?/m1/s1. The minimum atomic E-state index is -1.08. The van der Waals surface area contributed by atoms with E-state index in [1.165, 1.54) is 28.8 Å². The first-order valence-electron chi connectivity index (χ1n) is 18.3. The maximum atomic E-state index is 12.9. The maximum absolute atomic E-state index is 12.9. The van der Waals surface area contributed by atoms with Gasteiger partial charge in [0.25, 0.3) is 0 Å². The number of halogens is 1. The van der Waals surface area contributed by atoms with E-state index in [2.05, 4.69) is 36.3 Å². The summed E-state index contributed by atoms with van der Waals surface area (Å²) in [5, 5.41) is 14.6. The monoisotopic (exact) mass is 701 g/mol. The predicted molar refractivity (Wildman–Crippen MR) is 198 cm³/mol. The van der Waals surface area contributed by atoms with Gasteiger partial charge in [-0.05, 0) is 135 Å². The second kappa shape index (κ2) is 15.2. The molecule has 1 heterocycles. The Labute approximate surface area is 301 Å². The van der Waals surface area contributed by atoms with Crippen molar-refractivity contribution in [3.63, 3.8) is 0 Å². The lowest BCUT2D eigenvalue weighted by Crippen LogP contribution is -2.53. The highest BCUT2D eigenvalue weighted by Gasteiger charge is 2.54. The molecule has 0 bridgehead atoms. The summed E-state index contributed by atoms with van der Waals surface area (Å²) in [6, 6.07) is 15.8. The zero-order valence-electron chi connectivity index (χ0n) is 30.0. The lowest BCUT2D eigenvalue weighted by atomic mass is 9.59. The van der Waals surface area contributed by atoms with Gasteiger partial charge in [0.1, 0.15) is 17.0 Å². The van der Waals surface area contributed by atoms with Gasteiger partial charge in [0, 0.05) is 48.7 Å². The molecule has 3 aromatic rings. The Morgan fingerprint density at radius 1 is 1.10 bits per heavy atom. The van der Waals surface area contributed by atoms with Crippen LogP contribution in [0.1, 0.15) is 99.9 Å². The number of carboxylic acids is 1. The van der Waals surface area contributed by atoms with Gasteiger partial charge < -0.3 is 24.8 Å². The molecule has 0 radical (unpaired) electrons. The highest BCUT2D eigenvalue weighted by atomic mass is 35.5. The number of anilines is 1. The van der Waals surface area contributed by atoms with Crippen molar-refractivity contribution < 1.29 is 24.2 Å². The van der Waals surface area contributed by atoms with Crippen molar-refractivity contribution in [3.05, 3.63) is 82.1 Å². The second-order valence-corrected chi connectivity index (χ2v) is 15.7. The Morgan fingerprint density at radius 2 is 1.90 bits per heavy atom. The van der Waals surface area contributed by atoms with E-state index in [1.54, 1.807) is 31.1 Å². The van der Waals surface area contributed by atoms with Gasteiger partial charge in [0.2, 0.25) is 5.91 Å². The first-order valence-corrected chi connectivity index (χ1v) is 18.7. The molecule has 1 spiro atoms. The first-order chi connectivity index (χ1) is 24.0. The summed E-state index contributed by atoms with van der Waals surface area (Å²) >= 11 is 6.27. The average molecular weight is 702 g/mol. The number of aromatic nitrogens is 1. The SMILES string of the molecule is C[C@@H](COc1ccnc2c1[C@H](C)CCC2)C[C@H]1Cc2ccc(OCCCC(=O)N(C)C)cc2C12CCC(Nc1cccc(Cl)c1)(C(=O)O)CC2. The minimum absolute atomic E-state index is 0.0938. The second-order valence-electron chi connectivity index (χ2n) is 15.3. The Hall–Kier alpha value is -3.78. The largest absolute Gasteiger partial charge is 0.494 e. The average Bonchev–Trinajstić information content (AvgIpc) is 3.37.